The zero-order chi connectivity index (χ0) is 20.9. The van der Waals surface area contributed by atoms with Gasteiger partial charge in [0.25, 0.3) is 0 Å². The molecule has 0 saturated heterocycles. The number of benzene rings is 2. The van der Waals surface area contributed by atoms with Gasteiger partial charge in [-0.15, -0.1) is 0 Å². The zero-order valence-electron chi connectivity index (χ0n) is 17.9. The molecule has 2 aromatic carbocycles. The summed E-state index contributed by atoms with van der Waals surface area (Å²) in [4.78, 5) is 15.9. The van der Waals surface area contributed by atoms with Crippen molar-refractivity contribution in [3.8, 4) is 5.75 Å². The lowest BCUT2D eigenvalue weighted by Crippen LogP contribution is -2.21. The molecule has 0 aliphatic rings. The number of amides is 1. The van der Waals surface area contributed by atoms with Crippen LogP contribution in [0.4, 0.5) is 0 Å². The van der Waals surface area contributed by atoms with Crippen LogP contribution in [0, 0.1) is 0 Å². The molecule has 0 aliphatic heterocycles. The summed E-state index contributed by atoms with van der Waals surface area (Å²) in [5, 5.41) is 2.85. The Bertz CT molecular complexity index is 952. The van der Waals surface area contributed by atoms with E-state index in [1.807, 2.05) is 30.3 Å². The Morgan fingerprint density at radius 3 is 2.52 bits per heavy atom. The van der Waals surface area contributed by atoms with E-state index in [4.69, 9.17) is 9.72 Å². The molecule has 29 heavy (non-hydrogen) atoms. The highest BCUT2D eigenvalue weighted by molar-refractivity contribution is 5.76. The molecule has 0 spiro atoms. The van der Waals surface area contributed by atoms with Gasteiger partial charge in [0.2, 0.25) is 5.91 Å². The summed E-state index contributed by atoms with van der Waals surface area (Å²) >= 11 is 0. The number of ether oxygens (including phenoxy) is 1. The number of nitrogens with zero attached hydrogens (tertiary/aromatic N) is 2. The second-order valence-electron chi connectivity index (χ2n) is 8.38. The van der Waals surface area contributed by atoms with Crippen molar-refractivity contribution < 1.29 is 9.53 Å². The molecule has 0 fully saturated rings. The number of fused-ring (bicyclic) bond motifs is 1. The number of hydrogen-bond acceptors (Lipinski definition) is 3. The summed E-state index contributed by atoms with van der Waals surface area (Å²) in [7, 11) is 0. The summed E-state index contributed by atoms with van der Waals surface area (Å²) < 4.78 is 8.23. The third-order valence-corrected chi connectivity index (χ3v) is 4.99. The van der Waals surface area contributed by atoms with Gasteiger partial charge in [0.15, 0.2) is 0 Å². The van der Waals surface area contributed by atoms with Gasteiger partial charge in [0.1, 0.15) is 18.2 Å². The van der Waals surface area contributed by atoms with Crippen molar-refractivity contribution >= 4 is 16.9 Å². The van der Waals surface area contributed by atoms with E-state index in [-0.39, 0.29) is 11.3 Å². The zero-order valence-corrected chi connectivity index (χ0v) is 17.9. The third kappa shape index (κ3) is 5.59. The van der Waals surface area contributed by atoms with Gasteiger partial charge in [-0.05, 0) is 41.7 Å². The highest BCUT2D eigenvalue weighted by Gasteiger charge is 2.13. The molecule has 0 bridgehead atoms. The van der Waals surface area contributed by atoms with Crippen LogP contribution in [-0.2, 0) is 23.2 Å². The first kappa shape index (κ1) is 20.9. The standard InChI is InChI=1S/C24H31N3O2/c1-18(28)25-15-7-10-23-26-21-8-5-6-9-22(21)27(23)16-17-29-20-13-11-19(12-14-20)24(2,3)4/h5-6,8-9,11-14H,7,10,15-17H2,1-4H3,(H,25,28). The normalized spacial score (nSPS) is 11.6. The largest absolute Gasteiger partial charge is 0.492 e. The molecule has 1 aromatic heterocycles. The van der Waals surface area contributed by atoms with Crippen LogP contribution >= 0.6 is 0 Å². The predicted octanol–water partition coefficient (Wildman–Crippen LogP) is 4.48. The Labute approximate surface area is 173 Å². The number of carbonyl (C=O) groups excluding carboxylic acids is 1. The first-order chi connectivity index (χ1) is 13.8. The minimum Gasteiger partial charge on any atom is -0.492 e. The molecule has 0 radical (unpaired) electrons. The third-order valence-electron chi connectivity index (χ3n) is 4.99. The molecule has 0 aliphatic carbocycles. The molecule has 0 unspecified atom stereocenters. The van der Waals surface area contributed by atoms with Crippen molar-refractivity contribution in [3.05, 3.63) is 59.9 Å². The predicted molar refractivity (Wildman–Crippen MR) is 117 cm³/mol. The summed E-state index contributed by atoms with van der Waals surface area (Å²) in [5.74, 6) is 1.92. The fourth-order valence-corrected chi connectivity index (χ4v) is 3.38. The highest BCUT2D eigenvalue weighted by atomic mass is 16.5. The maximum absolute atomic E-state index is 11.1. The van der Waals surface area contributed by atoms with Crippen molar-refractivity contribution in [1.82, 2.24) is 14.9 Å². The molecule has 0 atom stereocenters. The Morgan fingerprint density at radius 1 is 1.10 bits per heavy atom. The molecule has 5 heteroatoms. The van der Waals surface area contributed by atoms with Gasteiger partial charge in [-0.2, -0.15) is 0 Å². The number of nitrogens with one attached hydrogen (secondary N) is 1. The molecule has 3 aromatic rings. The van der Waals surface area contributed by atoms with E-state index in [1.54, 1.807) is 6.92 Å². The molecule has 154 valence electrons. The molecule has 0 saturated carbocycles. The van der Waals surface area contributed by atoms with Gasteiger partial charge in [-0.1, -0.05) is 45.0 Å². The van der Waals surface area contributed by atoms with E-state index >= 15 is 0 Å². The Kier molecular flexibility index (Phi) is 6.57. The molecular formula is C24H31N3O2. The van der Waals surface area contributed by atoms with Crippen molar-refractivity contribution in [2.24, 2.45) is 0 Å². The van der Waals surface area contributed by atoms with Crippen molar-refractivity contribution in [2.75, 3.05) is 13.2 Å². The number of imidazole rings is 1. The number of aromatic nitrogens is 2. The summed E-state index contributed by atoms with van der Waals surface area (Å²) in [6.07, 6.45) is 1.67. The summed E-state index contributed by atoms with van der Waals surface area (Å²) in [5.41, 5.74) is 3.55. The molecule has 5 nitrogen and oxygen atoms in total. The van der Waals surface area contributed by atoms with Crippen LogP contribution in [0.1, 0.15) is 45.5 Å². The minimum atomic E-state index is 0.00406. The summed E-state index contributed by atoms with van der Waals surface area (Å²) in [6, 6.07) is 16.5. The number of hydrogen-bond donors (Lipinski definition) is 1. The van der Waals surface area contributed by atoms with E-state index in [2.05, 4.69) is 48.9 Å². The van der Waals surface area contributed by atoms with Gasteiger partial charge in [0, 0.05) is 19.9 Å². The number of aryl methyl sites for hydroxylation is 1. The van der Waals surface area contributed by atoms with Crippen LogP contribution in [-0.4, -0.2) is 28.6 Å². The lowest BCUT2D eigenvalue weighted by molar-refractivity contribution is -0.118. The average molecular weight is 394 g/mol. The first-order valence-corrected chi connectivity index (χ1v) is 10.3. The smallest absolute Gasteiger partial charge is 0.216 e. The van der Waals surface area contributed by atoms with Gasteiger partial charge in [-0.3, -0.25) is 4.79 Å². The van der Waals surface area contributed by atoms with Gasteiger partial charge in [0.05, 0.1) is 17.6 Å². The maximum atomic E-state index is 11.1. The number of para-hydroxylation sites is 2. The van der Waals surface area contributed by atoms with Gasteiger partial charge >= 0.3 is 0 Å². The van der Waals surface area contributed by atoms with E-state index in [0.29, 0.717) is 13.2 Å². The lowest BCUT2D eigenvalue weighted by atomic mass is 9.87. The van der Waals surface area contributed by atoms with Crippen LogP contribution < -0.4 is 10.1 Å². The Morgan fingerprint density at radius 2 is 1.83 bits per heavy atom. The summed E-state index contributed by atoms with van der Waals surface area (Å²) in [6.45, 7) is 10.1. The average Bonchev–Trinajstić information content (AvgIpc) is 3.02. The maximum Gasteiger partial charge on any atom is 0.216 e. The number of rotatable bonds is 8. The van der Waals surface area contributed by atoms with Crippen molar-refractivity contribution in [2.45, 2.75) is 52.5 Å². The van der Waals surface area contributed by atoms with Crippen LogP contribution in [0.3, 0.4) is 0 Å². The highest BCUT2D eigenvalue weighted by Crippen LogP contribution is 2.24. The molecular weight excluding hydrogens is 362 g/mol. The fourth-order valence-electron chi connectivity index (χ4n) is 3.38. The fraction of sp³-hybridized carbons (Fsp3) is 0.417. The molecule has 1 heterocycles. The monoisotopic (exact) mass is 393 g/mol. The Balaban J connectivity index is 1.65. The van der Waals surface area contributed by atoms with Crippen LogP contribution in [0.5, 0.6) is 5.75 Å². The van der Waals surface area contributed by atoms with E-state index in [1.165, 1.54) is 5.56 Å². The minimum absolute atomic E-state index is 0.00406. The molecule has 3 rings (SSSR count). The number of carbonyl (C=O) groups is 1. The van der Waals surface area contributed by atoms with Crippen molar-refractivity contribution in [1.29, 1.82) is 0 Å². The van der Waals surface area contributed by atoms with Crippen LogP contribution in [0.25, 0.3) is 11.0 Å². The quantitative estimate of drug-likeness (QED) is 0.574. The van der Waals surface area contributed by atoms with Gasteiger partial charge < -0.3 is 14.6 Å². The van der Waals surface area contributed by atoms with Crippen LogP contribution in [0.15, 0.2) is 48.5 Å². The van der Waals surface area contributed by atoms with E-state index < -0.39 is 0 Å². The second kappa shape index (κ2) is 9.12. The first-order valence-electron chi connectivity index (χ1n) is 10.3. The van der Waals surface area contributed by atoms with Crippen molar-refractivity contribution in [3.63, 3.8) is 0 Å². The lowest BCUT2D eigenvalue weighted by Gasteiger charge is -2.19. The topological polar surface area (TPSA) is 56.2 Å². The van der Waals surface area contributed by atoms with E-state index in [0.717, 1.165) is 42.0 Å². The second-order valence-corrected chi connectivity index (χ2v) is 8.38. The molecule has 1 N–H and O–H groups in total. The Hall–Kier alpha value is -2.82. The van der Waals surface area contributed by atoms with Crippen LogP contribution in [0.2, 0.25) is 0 Å². The van der Waals surface area contributed by atoms with E-state index in [9.17, 15) is 4.79 Å². The SMILES string of the molecule is CC(=O)NCCCc1nc2ccccc2n1CCOc1ccc(C(C)(C)C)cc1. The van der Waals surface area contributed by atoms with Gasteiger partial charge in [-0.25, -0.2) is 4.98 Å². The molecule has 1 amide bonds.